The van der Waals surface area contributed by atoms with E-state index in [1.807, 2.05) is 0 Å². The van der Waals surface area contributed by atoms with Crippen LogP contribution < -0.4 is 10.1 Å². The van der Waals surface area contributed by atoms with Crippen molar-refractivity contribution >= 4 is 5.91 Å². The quantitative estimate of drug-likeness (QED) is 0.793. The summed E-state index contributed by atoms with van der Waals surface area (Å²) >= 11 is 0. The van der Waals surface area contributed by atoms with Crippen molar-refractivity contribution in [1.82, 2.24) is 15.3 Å². The van der Waals surface area contributed by atoms with E-state index in [2.05, 4.69) is 20.0 Å². The summed E-state index contributed by atoms with van der Waals surface area (Å²) in [4.78, 5) is 19.5. The molecule has 2 aromatic rings. The summed E-state index contributed by atoms with van der Waals surface area (Å²) in [5, 5.41) is 12.0. The summed E-state index contributed by atoms with van der Waals surface area (Å²) in [7, 11) is 0. The molecule has 0 aliphatic carbocycles. The summed E-state index contributed by atoms with van der Waals surface area (Å²) in [5.74, 6) is -1.15. The van der Waals surface area contributed by atoms with E-state index in [0.29, 0.717) is 5.56 Å². The average molecular weight is 355 g/mol. The predicted octanol–water partition coefficient (Wildman–Crippen LogP) is 1.96. The van der Waals surface area contributed by atoms with Gasteiger partial charge < -0.3 is 15.2 Å². The molecule has 2 N–H and O–H groups in total. The highest BCUT2D eigenvalue weighted by Gasteiger charge is 2.31. The Hall–Kier alpha value is -2.68. The van der Waals surface area contributed by atoms with Crippen molar-refractivity contribution in [2.24, 2.45) is 5.92 Å². The van der Waals surface area contributed by atoms with Gasteiger partial charge in [0.2, 0.25) is 0 Å². The summed E-state index contributed by atoms with van der Waals surface area (Å²) in [5.41, 5.74) is 0.689. The molecule has 1 aromatic heterocycles. The van der Waals surface area contributed by atoms with Crippen LogP contribution in [-0.4, -0.2) is 40.5 Å². The van der Waals surface area contributed by atoms with Crippen LogP contribution in [0.2, 0.25) is 0 Å². The Labute approximate surface area is 141 Å². The molecular weight excluding hydrogens is 339 g/mol. The maximum absolute atomic E-state index is 12.3. The van der Waals surface area contributed by atoms with Crippen LogP contribution in [-0.2, 0) is 6.42 Å². The van der Waals surface area contributed by atoms with Gasteiger partial charge in [-0.05, 0) is 24.1 Å². The molecule has 0 bridgehead atoms. The molecule has 0 radical (unpaired) electrons. The van der Waals surface area contributed by atoms with Gasteiger partial charge in [-0.1, -0.05) is 12.1 Å². The van der Waals surface area contributed by atoms with Crippen molar-refractivity contribution in [3.8, 4) is 5.75 Å². The largest absolute Gasteiger partial charge is 0.573 e. The molecular formula is C16H16F3N3O3. The van der Waals surface area contributed by atoms with E-state index in [0.717, 1.165) is 0 Å². The number of aliphatic hydroxyl groups excluding tert-OH is 1. The molecule has 2 rings (SSSR count). The topological polar surface area (TPSA) is 84.3 Å². The van der Waals surface area contributed by atoms with Gasteiger partial charge in [-0.25, -0.2) is 4.98 Å². The normalized spacial score (nSPS) is 12.5. The Bertz CT molecular complexity index is 696. The number of nitrogens with one attached hydrogen (secondary N) is 1. The number of carbonyl (C=O) groups excluding carboxylic acids is 1. The van der Waals surface area contributed by atoms with Gasteiger partial charge >= 0.3 is 6.36 Å². The number of alkyl halides is 3. The van der Waals surface area contributed by atoms with Gasteiger partial charge in [0, 0.05) is 31.5 Å². The molecule has 25 heavy (non-hydrogen) atoms. The SMILES string of the molecule is O=C(NC[C@H](CO)Cc1cccc(OC(F)(F)F)c1)c1cnccn1. The van der Waals surface area contributed by atoms with Gasteiger partial charge in [0.25, 0.3) is 5.91 Å². The van der Waals surface area contributed by atoms with Crippen molar-refractivity contribution in [3.63, 3.8) is 0 Å². The van der Waals surface area contributed by atoms with Gasteiger partial charge in [-0.2, -0.15) is 0 Å². The average Bonchev–Trinajstić information content (AvgIpc) is 2.58. The number of ether oxygens (including phenoxy) is 1. The predicted molar refractivity (Wildman–Crippen MR) is 81.8 cm³/mol. The lowest BCUT2D eigenvalue weighted by molar-refractivity contribution is -0.274. The first-order valence-corrected chi connectivity index (χ1v) is 7.37. The minimum atomic E-state index is -4.76. The molecule has 1 heterocycles. The fourth-order valence-corrected chi connectivity index (χ4v) is 2.15. The smallest absolute Gasteiger partial charge is 0.406 e. The van der Waals surface area contributed by atoms with E-state index in [4.69, 9.17) is 0 Å². The molecule has 0 aliphatic rings. The molecule has 0 aliphatic heterocycles. The zero-order valence-electron chi connectivity index (χ0n) is 13.0. The monoisotopic (exact) mass is 355 g/mol. The number of aliphatic hydroxyl groups is 1. The number of halogens is 3. The van der Waals surface area contributed by atoms with E-state index in [-0.39, 0.29) is 36.9 Å². The second-order valence-corrected chi connectivity index (χ2v) is 5.25. The van der Waals surface area contributed by atoms with Crippen LogP contribution in [0.25, 0.3) is 0 Å². The Balaban J connectivity index is 1.93. The highest BCUT2D eigenvalue weighted by Crippen LogP contribution is 2.24. The molecule has 0 fully saturated rings. The zero-order valence-corrected chi connectivity index (χ0v) is 13.0. The Morgan fingerprint density at radius 3 is 2.76 bits per heavy atom. The first-order chi connectivity index (χ1) is 11.9. The fraction of sp³-hybridized carbons (Fsp3) is 0.312. The van der Waals surface area contributed by atoms with Gasteiger partial charge in [-0.3, -0.25) is 9.78 Å². The van der Waals surface area contributed by atoms with Crippen molar-refractivity contribution < 1.29 is 27.8 Å². The molecule has 0 saturated heterocycles. The summed E-state index contributed by atoms with van der Waals surface area (Å²) in [6.07, 6.45) is -0.374. The number of hydrogen-bond acceptors (Lipinski definition) is 5. The molecule has 6 nitrogen and oxygen atoms in total. The fourth-order valence-electron chi connectivity index (χ4n) is 2.15. The Morgan fingerprint density at radius 2 is 2.12 bits per heavy atom. The second kappa shape index (κ2) is 8.43. The van der Waals surface area contributed by atoms with Crippen LogP contribution in [0.4, 0.5) is 13.2 Å². The van der Waals surface area contributed by atoms with Crippen LogP contribution >= 0.6 is 0 Å². The van der Waals surface area contributed by atoms with Crippen LogP contribution in [0.15, 0.2) is 42.9 Å². The van der Waals surface area contributed by atoms with Crippen molar-refractivity contribution in [1.29, 1.82) is 0 Å². The molecule has 0 unspecified atom stereocenters. The molecule has 1 atom stereocenters. The number of aromatic nitrogens is 2. The lowest BCUT2D eigenvalue weighted by Crippen LogP contribution is -2.32. The van der Waals surface area contributed by atoms with Crippen molar-refractivity contribution in [2.75, 3.05) is 13.2 Å². The van der Waals surface area contributed by atoms with E-state index in [1.165, 1.54) is 36.8 Å². The summed E-state index contributed by atoms with van der Waals surface area (Å²) in [6.45, 7) is -0.110. The number of rotatable bonds is 7. The third-order valence-corrected chi connectivity index (χ3v) is 3.26. The molecule has 0 saturated carbocycles. The van der Waals surface area contributed by atoms with Crippen molar-refractivity contribution in [3.05, 3.63) is 54.1 Å². The second-order valence-electron chi connectivity index (χ2n) is 5.25. The van der Waals surface area contributed by atoms with Crippen LogP contribution in [0.5, 0.6) is 5.75 Å². The van der Waals surface area contributed by atoms with Crippen LogP contribution in [0.3, 0.4) is 0 Å². The highest BCUT2D eigenvalue weighted by molar-refractivity contribution is 5.91. The van der Waals surface area contributed by atoms with Gasteiger partial charge in [0.1, 0.15) is 11.4 Å². The lowest BCUT2D eigenvalue weighted by atomic mass is 10.00. The third-order valence-electron chi connectivity index (χ3n) is 3.26. The minimum Gasteiger partial charge on any atom is -0.406 e. The summed E-state index contributed by atoms with van der Waals surface area (Å²) in [6, 6.07) is 5.50. The number of hydrogen-bond donors (Lipinski definition) is 2. The third kappa shape index (κ3) is 6.38. The maximum atomic E-state index is 12.3. The van der Waals surface area contributed by atoms with E-state index in [9.17, 15) is 23.1 Å². The van der Waals surface area contributed by atoms with Crippen LogP contribution in [0.1, 0.15) is 16.1 Å². The number of benzene rings is 1. The van der Waals surface area contributed by atoms with Gasteiger partial charge in [-0.15, -0.1) is 13.2 Å². The van der Waals surface area contributed by atoms with E-state index >= 15 is 0 Å². The Kier molecular flexibility index (Phi) is 6.29. The minimum absolute atomic E-state index is 0.135. The maximum Gasteiger partial charge on any atom is 0.573 e. The molecule has 1 aromatic carbocycles. The lowest BCUT2D eigenvalue weighted by Gasteiger charge is -2.16. The Morgan fingerprint density at radius 1 is 1.32 bits per heavy atom. The zero-order chi connectivity index (χ0) is 18.3. The molecule has 1 amide bonds. The van der Waals surface area contributed by atoms with E-state index in [1.54, 1.807) is 6.07 Å². The standard InChI is InChI=1S/C16H16F3N3O3/c17-16(18,19)25-13-3-1-2-11(7-13)6-12(10-23)8-22-15(24)14-9-20-4-5-21-14/h1-5,7,9,12,23H,6,8,10H2,(H,22,24)/t12-/m1/s1. The first kappa shape index (κ1) is 18.7. The molecule has 9 heteroatoms. The number of amides is 1. The summed E-state index contributed by atoms with van der Waals surface area (Å²) < 4.78 is 40.6. The highest BCUT2D eigenvalue weighted by atomic mass is 19.4. The number of carbonyl (C=O) groups is 1. The van der Waals surface area contributed by atoms with Crippen molar-refractivity contribution in [2.45, 2.75) is 12.8 Å². The molecule has 134 valence electrons. The van der Waals surface area contributed by atoms with Crippen LogP contribution in [0, 0.1) is 5.92 Å². The van der Waals surface area contributed by atoms with E-state index < -0.39 is 12.3 Å². The number of nitrogens with zero attached hydrogens (tertiary/aromatic N) is 2. The first-order valence-electron chi connectivity index (χ1n) is 7.37. The van der Waals surface area contributed by atoms with Gasteiger partial charge in [0.15, 0.2) is 0 Å². The molecule has 0 spiro atoms. The van der Waals surface area contributed by atoms with Gasteiger partial charge in [0.05, 0.1) is 6.20 Å².